The highest BCUT2D eigenvalue weighted by Gasteiger charge is 2.33. The molecular weight excluding hydrogens is 477 g/mol. The van der Waals surface area contributed by atoms with Gasteiger partial charge in [0, 0.05) is 11.1 Å². The van der Waals surface area contributed by atoms with Crippen molar-refractivity contribution in [3.05, 3.63) is 63.7 Å². The first-order chi connectivity index (χ1) is 13.3. The molecule has 158 valence electrons. The Morgan fingerprint density at radius 2 is 1.69 bits per heavy atom. The summed E-state index contributed by atoms with van der Waals surface area (Å²) in [5.74, 6) is -1.03. The monoisotopic (exact) mass is 509 g/mol. The van der Waals surface area contributed by atoms with Gasteiger partial charge in [0.15, 0.2) is 0 Å². The summed E-state index contributed by atoms with van der Waals surface area (Å²) in [4.78, 5) is 12.9. The number of halogens is 1. The van der Waals surface area contributed by atoms with E-state index in [9.17, 15) is 9.90 Å². The number of hydrogen-bond acceptors (Lipinski definition) is 4. The topological polar surface area (TPSA) is 70.4 Å². The molecule has 0 fully saturated rings. The number of esters is 1. The summed E-state index contributed by atoms with van der Waals surface area (Å²) < 4.78 is 12.8. The molecule has 1 unspecified atom stereocenters. The summed E-state index contributed by atoms with van der Waals surface area (Å²) in [5.41, 5.74) is 5.17. The number of benzene rings is 2. The van der Waals surface area contributed by atoms with Gasteiger partial charge in [-0.15, -0.1) is 0 Å². The SMILES string of the molecule is COC(=O)C(c1ccc(C)c(C)c1)c1cc(C(C)(C)C)cc(C(C)(C)I=N)c1O. The predicted molar refractivity (Wildman–Crippen MR) is 126 cm³/mol. The number of carbonyl (C=O) groups excluding carboxylic acids is 1. The largest absolute Gasteiger partial charge is 0.507 e. The van der Waals surface area contributed by atoms with Crippen LogP contribution >= 0.6 is 21.0 Å². The average molecular weight is 509 g/mol. The normalized spacial score (nSPS) is 13.2. The van der Waals surface area contributed by atoms with Crippen molar-refractivity contribution in [2.45, 2.75) is 63.2 Å². The molecule has 0 aliphatic heterocycles. The fraction of sp³-hybridized carbons (Fsp3) is 0.458. The zero-order valence-corrected chi connectivity index (χ0v) is 20.8. The molecule has 0 aromatic heterocycles. The van der Waals surface area contributed by atoms with Crippen molar-refractivity contribution in [2.75, 3.05) is 7.11 Å². The van der Waals surface area contributed by atoms with Crippen molar-refractivity contribution in [1.82, 2.24) is 0 Å². The maximum atomic E-state index is 12.9. The maximum Gasteiger partial charge on any atom is 0.317 e. The van der Waals surface area contributed by atoms with Crippen LogP contribution in [0.2, 0.25) is 0 Å². The highest BCUT2D eigenvalue weighted by atomic mass is 127. The second-order valence-electron chi connectivity index (χ2n) is 9.08. The Hall–Kier alpha value is -1.76. The van der Waals surface area contributed by atoms with Crippen LogP contribution in [-0.2, 0) is 18.4 Å². The highest BCUT2D eigenvalue weighted by Crippen LogP contribution is 2.46. The van der Waals surface area contributed by atoms with Gasteiger partial charge in [-0.25, -0.2) is 0 Å². The molecule has 2 rings (SSSR count). The number of ether oxygens (including phenoxy) is 1. The van der Waals surface area contributed by atoms with Crippen LogP contribution in [0.15, 0.2) is 30.3 Å². The van der Waals surface area contributed by atoms with Crippen LogP contribution in [-0.4, -0.2) is 18.2 Å². The van der Waals surface area contributed by atoms with Crippen LogP contribution in [0.3, 0.4) is 0 Å². The molecule has 2 N–H and O–H groups in total. The van der Waals surface area contributed by atoms with E-state index in [-0.39, 0.29) is 11.2 Å². The van der Waals surface area contributed by atoms with Gasteiger partial charge in [-0.2, -0.15) is 0 Å². The third-order valence-electron chi connectivity index (χ3n) is 5.49. The summed E-state index contributed by atoms with van der Waals surface area (Å²) in [6, 6.07) is 9.83. The van der Waals surface area contributed by atoms with E-state index < -0.39 is 36.3 Å². The van der Waals surface area contributed by atoms with Gasteiger partial charge < -0.3 is 9.84 Å². The Balaban J connectivity index is 2.88. The number of carbonyl (C=O) groups is 1. The van der Waals surface area contributed by atoms with E-state index in [0.717, 1.165) is 27.8 Å². The minimum absolute atomic E-state index is 0.101. The van der Waals surface area contributed by atoms with E-state index in [1.165, 1.54) is 7.11 Å². The molecule has 5 heteroatoms. The minimum atomic E-state index is -0.927. The molecule has 0 heterocycles. The quantitative estimate of drug-likeness (QED) is 0.272. The zero-order chi connectivity index (χ0) is 22.1. The maximum absolute atomic E-state index is 12.9. The number of phenols is 1. The third kappa shape index (κ3) is 4.87. The van der Waals surface area contributed by atoms with Gasteiger partial charge in [0.25, 0.3) is 0 Å². The molecule has 0 aliphatic carbocycles. The number of alkyl halides is 1. The Morgan fingerprint density at radius 1 is 1.07 bits per heavy atom. The van der Waals surface area contributed by atoms with Crippen molar-refractivity contribution in [3.63, 3.8) is 0 Å². The molecule has 0 amide bonds. The lowest BCUT2D eigenvalue weighted by Gasteiger charge is -2.29. The number of hydrogen-bond donors (Lipinski definition) is 2. The molecule has 0 radical (unpaired) electrons. The second kappa shape index (κ2) is 8.54. The van der Waals surface area contributed by atoms with Crippen molar-refractivity contribution in [1.29, 1.82) is 3.56 Å². The zero-order valence-electron chi connectivity index (χ0n) is 18.6. The summed E-state index contributed by atoms with van der Waals surface area (Å²) in [7, 11) is 1.38. The van der Waals surface area contributed by atoms with Crippen LogP contribution in [0.25, 0.3) is 0 Å². The number of rotatable bonds is 5. The third-order valence-corrected chi connectivity index (χ3v) is 7.42. The molecule has 4 nitrogen and oxygen atoms in total. The van der Waals surface area contributed by atoms with Crippen LogP contribution in [0, 0.1) is 17.4 Å². The van der Waals surface area contributed by atoms with Gasteiger partial charge in [0.2, 0.25) is 0 Å². The Kier molecular flexibility index (Phi) is 6.93. The lowest BCUT2D eigenvalue weighted by Crippen LogP contribution is -2.21. The molecule has 0 bridgehead atoms. The number of phenolic OH excluding ortho intramolecular Hbond substituents is 1. The van der Waals surface area contributed by atoms with E-state index in [1.54, 1.807) is 0 Å². The molecule has 0 aliphatic rings. The molecule has 2 aromatic rings. The first-order valence-corrected chi connectivity index (χ1v) is 11.8. The lowest BCUT2D eigenvalue weighted by atomic mass is 9.79. The van der Waals surface area contributed by atoms with Crippen molar-refractivity contribution in [3.8, 4) is 5.75 Å². The fourth-order valence-electron chi connectivity index (χ4n) is 3.32. The highest BCUT2D eigenvalue weighted by molar-refractivity contribution is 14.1. The molecule has 1 atom stereocenters. The second-order valence-corrected chi connectivity index (χ2v) is 12.3. The molecule has 0 saturated carbocycles. The van der Waals surface area contributed by atoms with Gasteiger partial charge in [-0.3, -0.25) is 8.36 Å². The molecule has 29 heavy (non-hydrogen) atoms. The standard InChI is InChI=1S/C24H32INO3/c1-14-9-10-16(11-15(14)2)20(22(28)29-8)18-12-17(23(3,4)5)13-19(21(18)27)24(6,7)25-26/h9-13,20,26-27H,1-8H3. The van der Waals surface area contributed by atoms with Gasteiger partial charge in [-0.1, -0.05) is 51.1 Å². The number of aromatic hydroxyl groups is 1. The van der Waals surface area contributed by atoms with Crippen molar-refractivity contribution < 1.29 is 14.6 Å². The van der Waals surface area contributed by atoms with Gasteiger partial charge in [-0.05, 0) is 76.4 Å². The first-order valence-electron chi connectivity index (χ1n) is 9.68. The summed E-state index contributed by atoms with van der Waals surface area (Å²) >= 11 is -0.927. The van der Waals surface area contributed by atoms with Gasteiger partial charge >= 0.3 is 5.97 Å². The van der Waals surface area contributed by atoms with E-state index in [4.69, 9.17) is 8.30 Å². The van der Waals surface area contributed by atoms with Crippen LogP contribution in [0.1, 0.15) is 73.9 Å². The Labute approximate surface area is 184 Å². The minimum Gasteiger partial charge on any atom is -0.507 e. The summed E-state index contributed by atoms with van der Waals surface area (Å²) in [6.45, 7) is 14.3. The first kappa shape index (κ1) is 23.5. The van der Waals surface area contributed by atoms with E-state index in [1.807, 2.05) is 58.0 Å². The van der Waals surface area contributed by atoms with Crippen molar-refractivity contribution in [2.24, 2.45) is 0 Å². The van der Waals surface area contributed by atoms with E-state index in [2.05, 4.69) is 20.8 Å². The smallest absolute Gasteiger partial charge is 0.317 e. The predicted octanol–water partition coefficient (Wildman–Crippen LogP) is 6.58. The van der Waals surface area contributed by atoms with E-state index >= 15 is 0 Å². The molecule has 0 spiro atoms. The fourth-order valence-corrected chi connectivity index (χ4v) is 4.02. The average Bonchev–Trinajstić information content (AvgIpc) is 2.64. The molecular formula is C24H32INO3. The van der Waals surface area contributed by atoms with Crippen LogP contribution in [0.5, 0.6) is 5.75 Å². The number of methoxy groups -OCH3 is 1. The van der Waals surface area contributed by atoms with Gasteiger partial charge in [0.05, 0.1) is 10.5 Å². The molecule has 0 saturated heterocycles. The van der Waals surface area contributed by atoms with E-state index in [0.29, 0.717) is 5.56 Å². The Bertz CT molecular complexity index is 942. The van der Waals surface area contributed by atoms with Crippen LogP contribution in [0.4, 0.5) is 0 Å². The van der Waals surface area contributed by atoms with Crippen LogP contribution < -0.4 is 0 Å². The number of aryl methyl sites for hydroxylation is 2. The number of nitrogens with one attached hydrogen (secondary N) is 1. The summed E-state index contributed by atoms with van der Waals surface area (Å²) in [5, 5.41) is 11.3. The summed E-state index contributed by atoms with van der Waals surface area (Å²) in [6.07, 6.45) is 0. The van der Waals surface area contributed by atoms with Crippen molar-refractivity contribution >= 4 is 27.0 Å². The Morgan fingerprint density at radius 3 is 2.17 bits per heavy atom. The lowest BCUT2D eigenvalue weighted by molar-refractivity contribution is -0.141. The molecule has 2 aromatic carbocycles. The van der Waals surface area contributed by atoms with Gasteiger partial charge in [0.1, 0.15) is 11.7 Å².